The third-order valence-corrected chi connectivity index (χ3v) is 2.23. The molecule has 1 aromatic rings. The van der Waals surface area contributed by atoms with Crippen molar-refractivity contribution in [3.63, 3.8) is 0 Å². The molecule has 1 atom stereocenters. The van der Waals surface area contributed by atoms with Gasteiger partial charge in [-0.25, -0.2) is 4.98 Å². The van der Waals surface area contributed by atoms with Gasteiger partial charge in [-0.15, -0.1) is 0 Å². The molecule has 0 spiro atoms. The van der Waals surface area contributed by atoms with E-state index in [1.165, 1.54) is 23.5 Å². The van der Waals surface area contributed by atoms with Gasteiger partial charge in [0.2, 0.25) is 0 Å². The van der Waals surface area contributed by atoms with Crippen LogP contribution in [0.2, 0.25) is 0 Å². The topological polar surface area (TPSA) is 105 Å². The number of hydrogen-bond acceptors (Lipinski definition) is 5. The number of aromatic nitrogens is 2. The highest BCUT2D eigenvalue weighted by atomic mass is 16.4. The molecule has 1 amide bonds. The zero-order valence-corrected chi connectivity index (χ0v) is 9.03. The molecule has 0 fully saturated rings. The van der Waals surface area contributed by atoms with Crippen molar-refractivity contribution < 1.29 is 10.0 Å². The molecular weight excluding hydrogens is 210 g/mol. The minimum absolute atomic E-state index is 0.0419. The Hall–Kier alpha value is -2.18. The summed E-state index contributed by atoms with van der Waals surface area (Å²) in [6.07, 6.45) is 4.26. The molecule has 0 aliphatic carbocycles. The van der Waals surface area contributed by atoms with Crippen LogP contribution in [0.5, 0.6) is 0 Å². The molecule has 0 aromatic carbocycles. The highest BCUT2D eigenvalue weighted by Gasteiger charge is 2.21. The Balaban J connectivity index is 2.83. The molecule has 0 aliphatic heterocycles. The lowest BCUT2D eigenvalue weighted by atomic mass is 10.2. The lowest BCUT2D eigenvalue weighted by Gasteiger charge is -2.22. The number of likely N-dealkylation sites (N-methyl/N-ethyl adjacent to an activating group) is 1. The van der Waals surface area contributed by atoms with Gasteiger partial charge in [0.1, 0.15) is 5.69 Å². The Morgan fingerprint density at radius 2 is 2.31 bits per heavy atom. The summed E-state index contributed by atoms with van der Waals surface area (Å²) in [5.74, 6) is -0.382. The van der Waals surface area contributed by atoms with Crippen molar-refractivity contribution in [3.05, 3.63) is 24.3 Å². The highest BCUT2D eigenvalue weighted by molar-refractivity contribution is 5.96. The molecule has 0 saturated carbocycles. The first kappa shape index (κ1) is 11.9. The van der Waals surface area contributed by atoms with Crippen LogP contribution in [-0.2, 0) is 0 Å². The quantitative estimate of drug-likeness (QED) is 0.316. The average Bonchev–Trinajstić information content (AvgIpc) is 2.36. The molecule has 1 heterocycles. The number of oxime groups is 1. The van der Waals surface area contributed by atoms with Crippen LogP contribution in [0.4, 0.5) is 0 Å². The Morgan fingerprint density at radius 3 is 2.81 bits per heavy atom. The fourth-order valence-corrected chi connectivity index (χ4v) is 1.05. The van der Waals surface area contributed by atoms with Crippen LogP contribution in [0.1, 0.15) is 17.4 Å². The van der Waals surface area contributed by atoms with Crippen molar-refractivity contribution in [2.75, 3.05) is 7.05 Å². The summed E-state index contributed by atoms with van der Waals surface area (Å²) in [7, 11) is 1.54. The van der Waals surface area contributed by atoms with E-state index < -0.39 is 6.04 Å². The van der Waals surface area contributed by atoms with Crippen LogP contribution >= 0.6 is 0 Å². The fraction of sp³-hybridized carbons (Fsp3) is 0.333. The van der Waals surface area contributed by atoms with Gasteiger partial charge in [-0.05, 0) is 6.92 Å². The van der Waals surface area contributed by atoms with Crippen molar-refractivity contribution >= 4 is 11.7 Å². The summed E-state index contributed by atoms with van der Waals surface area (Å²) in [5, 5.41) is 11.4. The van der Waals surface area contributed by atoms with Crippen LogP contribution < -0.4 is 5.73 Å². The molecule has 1 unspecified atom stereocenters. The summed E-state index contributed by atoms with van der Waals surface area (Å²) < 4.78 is 0. The van der Waals surface area contributed by atoms with E-state index in [1.54, 1.807) is 14.0 Å². The van der Waals surface area contributed by atoms with E-state index in [9.17, 15) is 4.79 Å². The SMILES string of the molecule is CC(C(N)=NO)N(C)C(=O)c1cnccn1. The molecule has 7 heteroatoms. The van der Waals surface area contributed by atoms with E-state index in [2.05, 4.69) is 15.1 Å². The van der Waals surface area contributed by atoms with Gasteiger partial charge in [0, 0.05) is 19.4 Å². The summed E-state index contributed by atoms with van der Waals surface area (Å²) >= 11 is 0. The van der Waals surface area contributed by atoms with Gasteiger partial charge >= 0.3 is 0 Å². The summed E-state index contributed by atoms with van der Waals surface area (Å²) in [5.41, 5.74) is 5.61. The Morgan fingerprint density at radius 1 is 1.62 bits per heavy atom. The number of nitrogens with two attached hydrogens (primary N) is 1. The number of carbonyl (C=O) groups excluding carboxylic acids is 1. The first-order valence-corrected chi connectivity index (χ1v) is 4.58. The predicted molar refractivity (Wildman–Crippen MR) is 57.0 cm³/mol. The zero-order chi connectivity index (χ0) is 12.1. The Labute approximate surface area is 92.6 Å². The lowest BCUT2D eigenvalue weighted by Crippen LogP contribution is -2.44. The average molecular weight is 223 g/mol. The molecule has 7 nitrogen and oxygen atoms in total. The minimum atomic E-state index is -0.514. The monoisotopic (exact) mass is 223 g/mol. The van der Waals surface area contributed by atoms with Crippen LogP contribution in [0.25, 0.3) is 0 Å². The summed E-state index contributed by atoms with van der Waals surface area (Å²) in [6.45, 7) is 1.64. The van der Waals surface area contributed by atoms with Gasteiger partial charge in [-0.1, -0.05) is 5.16 Å². The maximum Gasteiger partial charge on any atom is 0.274 e. The van der Waals surface area contributed by atoms with Gasteiger partial charge in [-0.2, -0.15) is 0 Å². The number of amides is 1. The molecule has 0 aliphatic rings. The third-order valence-electron chi connectivity index (χ3n) is 2.23. The largest absolute Gasteiger partial charge is 0.409 e. The first-order chi connectivity index (χ1) is 7.57. The second kappa shape index (κ2) is 5.06. The normalized spacial score (nSPS) is 13.2. The van der Waals surface area contributed by atoms with Crippen LogP contribution in [0, 0.1) is 0 Å². The van der Waals surface area contributed by atoms with E-state index >= 15 is 0 Å². The second-order valence-electron chi connectivity index (χ2n) is 3.21. The maximum atomic E-state index is 11.8. The highest BCUT2D eigenvalue weighted by Crippen LogP contribution is 2.02. The molecule has 1 rings (SSSR count). The smallest absolute Gasteiger partial charge is 0.274 e. The first-order valence-electron chi connectivity index (χ1n) is 4.58. The maximum absolute atomic E-state index is 11.8. The van der Waals surface area contributed by atoms with Crippen molar-refractivity contribution in [1.82, 2.24) is 14.9 Å². The van der Waals surface area contributed by atoms with Gasteiger partial charge in [-0.3, -0.25) is 9.78 Å². The van der Waals surface area contributed by atoms with Gasteiger partial charge in [0.15, 0.2) is 5.84 Å². The Kier molecular flexibility index (Phi) is 3.76. The van der Waals surface area contributed by atoms with Gasteiger partial charge < -0.3 is 15.8 Å². The minimum Gasteiger partial charge on any atom is -0.409 e. The van der Waals surface area contributed by atoms with Crippen molar-refractivity contribution in [2.24, 2.45) is 10.9 Å². The molecule has 0 saturated heterocycles. The predicted octanol–water partition coefficient (Wildman–Crippen LogP) is -0.316. The van der Waals surface area contributed by atoms with E-state index in [0.717, 1.165) is 0 Å². The van der Waals surface area contributed by atoms with E-state index in [1.807, 2.05) is 0 Å². The molecule has 16 heavy (non-hydrogen) atoms. The zero-order valence-electron chi connectivity index (χ0n) is 9.03. The molecule has 0 radical (unpaired) electrons. The lowest BCUT2D eigenvalue weighted by molar-refractivity contribution is 0.0770. The summed E-state index contributed by atoms with van der Waals surface area (Å²) in [6, 6.07) is -0.514. The standard InChI is InChI=1S/C9H13N5O2/c1-6(8(10)13-16)14(2)9(15)7-5-11-3-4-12-7/h3-6,16H,1-2H3,(H2,10,13). The number of nitrogens with zero attached hydrogens (tertiary/aromatic N) is 4. The number of hydrogen-bond donors (Lipinski definition) is 2. The Bertz CT molecular complexity index is 392. The fourth-order valence-electron chi connectivity index (χ4n) is 1.05. The van der Waals surface area contributed by atoms with Crippen LogP contribution in [0.15, 0.2) is 23.7 Å². The molecule has 86 valence electrons. The number of rotatable bonds is 3. The molecule has 1 aromatic heterocycles. The molecule has 0 bridgehead atoms. The van der Waals surface area contributed by atoms with Crippen LogP contribution in [0.3, 0.4) is 0 Å². The van der Waals surface area contributed by atoms with Gasteiger partial charge in [0.05, 0.1) is 12.2 Å². The van der Waals surface area contributed by atoms with Crippen molar-refractivity contribution in [3.8, 4) is 0 Å². The van der Waals surface area contributed by atoms with E-state index in [0.29, 0.717) is 0 Å². The number of amidine groups is 1. The molecule has 3 N–H and O–H groups in total. The van der Waals surface area contributed by atoms with Crippen molar-refractivity contribution in [1.29, 1.82) is 0 Å². The summed E-state index contributed by atoms with van der Waals surface area (Å²) in [4.78, 5) is 20.8. The third kappa shape index (κ3) is 2.44. The second-order valence-corrected chi connectivity index (χ2v) is 3.21. The number of carbonyl (C=O) groups is 1. The van der Waals surface area contributed by atoms with Gasteiger partial charge in [0.25, 0.3) is 5.91 Å². The van der Waals surface area contributed by atoms with E-state index in [-0.39, 0.29) is 17.4 Å². The van der Waals surface area contributed by atoms with E-state index in [4.69, 9.17) is 10.9 Å². The molecular formula is C9H13N5O2. The van der Waals surface area contributed by atoms with Crippen molar-refractivity contribution in [2.45, 2.75) is 13.0 Å². The van der Waals surface area contributed by atoms with Crippen LogP contribution in [-0.4, -0.2) is 44.9 Å².